The number of aryl methyl sites for hydroxylation is 1. The van der Waals surface area contributed by atoms with E-state index in [0.717, 1.165) is 22.6 Å². The highest BCUT2D eigenvalue weighted by Gasteiger charge is 2.14. The molecule has 0 bridgehead atoms. The molecule has 0 atom stereocenters. The Morgan fingerprint density at radius 2 is 2.22 bits per heavy atom. The van der Waals surface area contributed by atoms with E-state index in [1.165, 1.54) is 23.5 Å². The van der Waals surface area contributed by atoms with E-state index in [2.05, 4.69) is 9.97 Å². The smallest absolute Gasteiger partial charge is 0.180 e. The summed E-state index contributed by atoms with van der Waals surface area (Å²) < 4.78 is 15.2. The van der Waals surface area contributed by atoms with Crippen molar-refractivity contribution in [2.75, 3.05) is 5.73 Å². The Kier molecular flexibility index (Phi) is 2.52. The van der Waals surface area contributed by atoms with Gasteiger partial charge >= 0.3 is 0 Å². The molecule has 0 saturated heterocycles. The quantitative estimate of drug-likeness (QED) is 0.772. The van der Waals surface area contributed by atoms with Gasteiger partial charge in [0.15, 0.2) is 11.0 Å². The molecule has 0 unspecified atom stereocenters. The molecule has 2 aromatic heterocycles. The lowest BCUT2D eigenvalue weighted by Crippen LogP contribution is -1.98. The molecule has 92 valence electrons. The predicted molar refractivity (Wildman–Crippen MR) is 70.9 cm³/mol. The van der Waals surface area contributed by atoms with Gasteiger partial charge in [-0.15, -0.1) is 11.3 Å². The highest BCUT2D eigenvalue weighted by molar-refractivity contribution is 7.13. The molecular weight excluding hydrogens is 251 g/mol. The van der Waals surface area contributed by atoms with E-state index < -0.39 is 0 Å². The Labute approximate surface area is 107 Å². The molecular formula is C12H11FN4S. The van der Waals surface area contributed by atoms with Crippen LogP contribution in [0.1, 0.15) is 6.92 Å². The van der Waals surface area contributed by atoms with Crippen LogP contribution in [0.5, 0.6) is 0 Å². The van der Waals surface area contributed by atoms with Crippen molar-refractivity contribution in [2.24, 2.45) is 0 Å². The molecule has 4 nitrogen and oxygen atoms in total. The summed E-state index contributed by atoms with van der Waals surface area (Å²) in [5, 5.41) is 2.37. The third kappa shape index (κ3) is 1.65. The van der Waals surface area contributed by atoms with Crippen molar-refractivity contribution < 1.29 is 4.39 Å². The van der Waals surface area contributed by atoms with Crippen LogP contribution in [0.2, 0.25) is 0 Å². The fraction of sp³-hybridized carbons (Fsp3) is 0.167. The maximum atomic E-state index is 13.3. The molecule has 18 heavy (non-hydrogen) atoms. The van der Waals surface area contributed by atoms with Gasteiger partial charge in [-0.05, 0) is 25.1 Å². The van der Waals surface area contributed by atoms with Gasteiger partial charge in [0.25, 0.3) is 0 Å². The summed E-state index contributed by atoms with van der Waals surface area (Å²) >= 11 is 1.37. The van der Waals surface area contributed by atoms with Crippen LogP contribution < -0.4 is 5.73 Å². The van der Waals surface area contributed by atoms with Gasteiger partial charge in [-0.2, -0.15) is 0 Å². The molecule has 2 N–H and O–H groups in total. The minimum absolute atomic E-state index is 0.263. The number of nitrogen functional groups attached to an aromatic ring is 1. The number of halogens is 1. The minimum Gasteiger partial charge on any atom is -0.375 e. The molecule has 0 saturated carbocycles. The van der Waals surface area contributed by atoms with Gasteiger partial charge in [-0.3, -0.25) is 0 Å². The SMILES string of the molecule is CCn1c(-c2csc(N)n2)nc2ccc(F)cc21. The predicted octanol–water partition coefficient (Wildman–Crippen LogP) is 2.90. The third-order valence-corrected chi connectivity index (χ3v) is 3.45. The average Bonchev–Trinajstić information content (AvgIpc) is 2.91. The van der Waals surface area contributed by atoms with Gasteiger partial charge < -0.3 is 10.3 Å². The number of nitrogens with two attached hydrogens (primary N) is 1. The first-order valence-electron chi connectivity index (χ1n) is 5.56. The Bertz CT molecular complexity index is 716. The molecule has 0 aliphatic heterocycles. The molecule has 1 aromatic carbocycles. The molecule has 0 spiro atoms. The molecule has 0 aliphatic carbocycles. The molecule has 0 amide bonds. The topological polar surface area (TPSA) is 56.7 Å². The monoisotopic (exact) mass is 262 g/mol. The largest absolute Gasteiger partial charge is 0.375 e. The van der Waals surface area contributed by atoms with Crippen molar-refractivity contribution in [3.8, 4) is 11.5 Å². The Balaban J connectivity index is 2.29. The number of hydrogen-bond acceptors (Lipinski definition) is 4. The van der Waals surface area contributed by atoms with Gasteiger partial charge in [0.05, 0.1) is 11.0 Å². The molecule has 3 aromatic rings. The van der Waals surface area contributed by atoms with E-state index >= 15 is 0 Å². The lowest BCUT2D eigenvalue weighted by atomic mass is 10.3. The second-order valence-electron chi connectivity index (χ2n) is 3.88. The summed E-state index contributed by atoms with van der Waals surface area (Å²) in [5.74, 6) is 0.465. The summed E-state index contributed by atoms with van der Waals surface area (Å²) in [7, 11) is 0. The number of fused-ring (bicyclic) bond motifs is 1. The standard InChI is InChI=1S/C12H11FN4S/c1-2-17-10-5-7(13)3-4-8(10)15-11(17)9-6-18-12(14)16-9/h3-6H,2H2,1H3,(H2,14,16). The van der Waals surface area contributed by atoms with Crippen molar-refractivity contribution in [2.45, 2.75) is 13.5 Å². The summed E-state index contributed by atoms with van der Waals surface area (Å²) in [4.78, 5) is 8.72. The lowest BCUT2D eigenvalue weighted by molar-refractivity contribution is 0.628. The second kappa shape index (κ2) is 4.06. The van der Waals surface area contributed by atoms with Gasteiger partial charge in [0.1, 0.15) is 11.5 Å². The van der Waals surface area contributed by atoms with Gasteiger partial charge in [0, 0.05) is 11.9 Å². The van der Waals surface area contributed by atoms with Crippen LogP contribution in [-0.4, -0.2) is 14.5 Å². The Morgan fingerprint density at radius 1 is 1.39 bits per heavy atom. The highest BCUT2D eigenvalue weighted by atomic mass is 32.1. The fourth-order valence-electron chi connectivity index (χ4n) is 2.00. The van der Waals surface area contributed by atoms with Crippen LogP contribution in [-0.2, 0) is 6.54 Å². The van der Waals surface area contributed by atoms with Crippen molar-refractivity contribution in [3.05, 3.63) is 29.4 Å². The molecule has 3 rings (SSSR count). The number of imidazole rings is 1. The first-order chi connectivity index (χ1) is 8.69. The van der Waals surface area contributed by atoms with Crippen molar-refractivity contribution in [3.63, 3.8) is 0 Å². The van der Waals surface area contributed by atoms with E-state index in [9.17, 15) is 4.39 Å². The minimum atomic E-state index is -0.263. The zero-order valence-corrected chi connectivity index (χ0v) is 10.5. The molecule has 6 heteroatoms. The molecule has 0 radical (unpaired) electrons. The van der Waals surface area contributed by atoms with E-state index in [1.54, 1.807) is 6.07 Å². The van der Waals surface area contributed by atoms with Crippen LogP contribution in [0.3, 0.4) is 0 Å². The van der Waals surface area contributed by atoms with E-state index in [4.69, 9.17) is 5.73 Å². The zero-order valence-electron chi connectivity index (χ0n) is 9.72. The number of aromatic nitrogens is 3. The molecule has 0 aliphatic rings. The summed E-state index contributed by atoms with van der Waals surface area (Å²) in [6, 6.07) is 4.58. The number of rotatable bonds is 2. The molecule has 0 fully saturated rings. The normalized spacial score (nSPS) is 11.2. The van der Waals surface area contributed by atoms with Crippen LogP contribution in [0.15, 0.2) is 23.6 Å². The number of benzene rings is 1. The summed E-state index contributed by atoms with van der Waals surface area (Å²) in [6.07, 6.45) is 0. The van der Waals surface area contributed by atoms with E-state index in [-0.39, 0.29) is 5.82 Å². The third-order valence-electron chi connectivity index (χ3n) is 2.78. The van der Waals surface area contributed by atoms with Crippen LogP contribution in [0.25, 0.3) is 22.6 Å². The maximum Gasteiger partial charge on any atom is 0.180 e. The molecule has 2 heterocycles. The number of anilines is 1. The first-order valence-corrected chi connectivity index (χ1v) is 6.44. The number of nitrogens with zero attached hydrogens (tertiary/aromatic N) is 3. The summed E-state index contributed by atoms with van der Waals surface area (Å²) in [6.45, 7) is 2.69. The Hall–Kier alpha value is -1.95. The average molecular weight is 262 g/mol. The van der Waals surface area contributed by atoms with Crippen LogP contribution in [0, 0.1) is 5.82 Å². The Morgan fingerprint density at radius 3 is 2.89 bits per heavy atom. The van der Waals surface area contributed by atoms with Gasteiger partial charge in [-0.1, -0.05) is 0 Å². The maximum absolute atomic E-state index is 13.3. The van der Waals surface area contributed by atoms with E-state index in [0.29, 0.717) is 11.7 Å². The van der Waals surface area contributed by atoms with Crippen molar-refractivity contribution in [1.29, 1.82) is 0 Å². The van der Waals surface area contributed by atoms with Crippen LogP contribution >= 0.6 is 11.3 Å². The van der Waals surface area contributed by atoms with Crippen molar-refractivity contribution >= 4 is 27.5 Å². The van der Waals surface area contributed by atoms with E-state index in [1.807, 2.05) is 16.9 Å². The van der Waals surface area contributed by atoms with Gasteiger partial charge in [0.2, 0.25) is 0 Å². The van der Waals surface area contributed by atoms with Crippen LogP contribution in [0.4, 0.5) is 9.52 Å². The number of thiazole rings is 1. The highest BCUT2D eigenvalue weighted by Crippen LogP contribution is 2.27. The first kappa shape index (κ1) is 11.2. The summed E-state index contributed by atoms with van der Waals surface area (Å²) in [5.41, 5.74) is 7.91. The zero-order chi connectivity index (χ0) is 12.7. The number of hydrogen-bond donors (Lipinski definition) is 1. The van der Waals surface area contributed by atoms with Crippen molar-refractivity contribution in [1.82, 2.24) is 14.5 Å². The van der Waals surface area contributed by atoms with Gasteiger partial charge in [-0.25, -0.2) is 14.4 Å². The second-order valence-corrected chi connectivity index (χ2v) is 4.77. The lowest BCUT2D eigenvalue weighted by Gasteiger charge is -2.03. The fourth-order valence-corrected chi connectivity index (χ4v) is 2.54.